The van der Waals surface area contributed by atoms with Gasteiger partial charge >= 0.3 is 5.97 Å². The highest BCUT2D eigenvalue weighted by molar-refractivity contribution is 5.87. The molecule has 0 spiro atoms. The van der Waals surface area contributed by atoms with Gasteiger partial charge in [0.25, 0.3) is 0 Å². The second-order valence-corrected chi connectivity index (χ2v) is 4.64. The van der Waals surface area contributed by atoms with Gasteiger partial charge in [0.1, 0.15) is 0 Å². The largest absolute Gasteiger partial charge is 0.469 e. The highest BCUT2D eigenvalue weighted by atomic mass is 16.5. The van der Waals surface area contributed by atoms with Crippen LogP contribution >= 0.6 is 0 Å². The number of rotatable bonds is 5. The normalized spacial score (nSPS) is 10.9. The van der Waals surface area contributed by atoms with E-state index in [1.54, 1.807) is 0 Å². The number of methoxy groups -OCH3 is 1. The van der Waals surface area contributed by atoms with Crippen molar-refractivity contribution >= 4 is 16.9 Å². The number of hydrogen-bond donors (Lipinski definition) is 1. The lowest BCUT2D eigenvalue weighted by atomic mass is 10.1. The molecule has 0 aliphatic rings. The molecular weight excluding hydrogens is 240 g/mol. The smallest absolute Gasteiger partial charge is 0.311 e. The molecule has 0 radical (unpaired) electrons. The summed E-state index contributed by atoms with van der Waals surface area (Å²) in [6, 6.07) is 8.21. The summed E-state index contributed by atoms with van der Waals surface area (Å²) >= 11 is 0. The molecular formula is C15H20N2O2. The van der Waals surface area contributed by atoms with Gasteiger partial charge in [-0.1, -0.05) is 18.2 Å². The monoisotopic (exact) mass is 260 g/mol. The van der Waals surface area contributed by atoms with Gasteiger partial charge in [0.05, 0.1) is 13.5 Å². The summed E-state index contributed by atoms with van der Waals surface area (Å²) in [5.41, 5.74) is 8.94. The molecule has 0 aliphatic carbocycles. The Morgan fingerprint density at radius 1 is 1.37 bits per heavy atom. The van der Waals surface area contributed by atoms with Crippen LogP contribution in [0.4, 0.5) is 0 Å². The van der Waals surface area contributed by atoms with Gasteiger partial charge in [-0.2, -0.15) is 0 Å². The van der Waals surface area contributed by atoms with Crippen molar-refractivity contribution in [3.63, 3.8) is 0 Å². The van der Waals surface area contributed by atoms with Crippen LogP contribution in [0, 0.1) is 6.92 Å². The van der Waals surface area contributed by atoms with E-state index in [1.165, 1.54) is 12.5 Å². The summed E-state index contributed by atoms with van der Waals surface area (Å²) in [5, 5.41) is 1.19. The number of nitrogens with two attached hydrogens (primary N) is 1. The van der Waals surface area contributed by atoms with Crippen molar-refractivity contribution in [1.29, 1.82) is 0 Å². The van der Waals surface area contributed by atoms with Crippen LogP contribution in [0.3, 0.4) is 0 Å². The van der Waals surface area contributed by atoms with Crippen molar-refractivity contribution in [2.45, 2.75) is 26.3 Å². The Kier molecular flexibility index (Phi) is 4.22. The van der Waals surface area contributed by atoms with E-state index in [0.29, 0.717) is 13.0 Å². The summed E-state index contributed by atoms with van der Waals surface area (Å²) in [5.74, 6) is -0.208. The molecule has 4 nitrogen and oxygen atoms in total. The standard InChI is InChI=1S/C15H20N2O2/c1-11-12-6-3-4-7-13(12)17(9-5-8-16)14(11)10-15(18)19-2/h3-4,6-7H,5,8-10,16H2,1-2H3. The average molecular weight is 260 g/mol. The molecule has 0 atom stereocenters. The minimum Gasteiger partial charge on any atom is -0.469 e. The minimum absolute atomic E-state index is 0.208. The van der Waals surface area contributed by atoms with E-state index in [4.69, 9.17) is 10.5 Å². The Hall–Kier alpha value is -1.81. The van der Waals surface area contributed by atoms with Gasteiger partial charge in [0, 0.05) is 23.1 Å². The van der Waals surface area contributed by atoms with Gasteiger partial charge in [0.2, 0.25) is 0 Å². The van der Waals surface area contributed by atoms with E-state index >= 15 is 0 Å². The van der Waals surface area contributed by atoms with Crippen molar-refractivity contribution in [2.75, 3.05) is 13.7 Å². The summed E-state index contributed by atoms with van der Waals surface area (Å²) < 4.78 is 6.98. The maximum Gasteiger partial charge on any atom is 0.311 e. The predicted octanol–water partition coefficient (Wildman–Crippen LogP) is 2.01. The third-order valence-electron chi connectivity index (χ3n) is 3.48. The van der Waals surface area contributed by atoms with Gasteiger partial charge in [-0.25, -0.2) is 0 Å². The first-order chi connectivity index (χ1) is 9.19. The first kappa shape index (κ1) is 13.6. The number of esters is 1. The van der Waals surface area contributed by atoms with E-state index in [9.17, 15) is 4.79 Å². The predicted molar refractivity (Wildman–Crippen MR) is 76.1 cm³/mol. The molecule has 19 heavy (non-hydrogen) atoms. The fourth-order valence-corrected chi connectivity index (χ4v) is 2.47. The third-order valence-corrected chi connectivity index (χ3v) is 3.48. The van der Waals surface area contributed by atoms with Crippen LogP contribution in [0.5, 0.6) is 0 Å². The van der Waals surface area contributed by atoms with Crippen molar-refractivity contribution < 1.29 is 9.53 Å². The van der Waals surface area contributed by atoms with E-state index in [0.717, 1.165) is 29.7 Å². The highest BCUT2D eigenvalue weighted by Crippen LogP contribution is 2.26. The van der Waals surface area contributed by atoms with E-state index in [1.807, 2.05) is 12.1 Å². The third kappa shape index (κ3) is 2.63. The number of ether oxygens (including phenoxy) is 1. The summed E-state index contributed by atoms with van der Waals surface area (Å²) in [4.78, 5) is 11.6. The lowest BCUT2D eigenvalue weighted by Crippen LogP contribution is -2.13. The van der Waals surface area contributed by atoms with Crippen LogP contribution in [0.1, 0.15) is 17.7 Å². The summed E-state index contributed by atoms with van der Waals surface area (Å²) in [6.07, 6.45) is 1.20. The van der Waals surface area contributed by atoms with Crippen LogP contribution in [0.15, 0.2) is 24.3 Å². The number of carbonyl (C=O) groups is 1. The molecule has 0 bridgehead atoms. The average Bonchev–Trinajstić information content (AvgIpc) is 2.70. The molecule has 0 aliphatic heterocycles. The molecule has 1 heterocycles. The van der Waals surface area contributed by atoms with Crippen LogP contribution in [0.25, 0.3) is 10.9 Å². The van der Waals surface area contributed by atoms with Crippen molar-refractivity contribution in [1.82, 2.24) is 4.57 Å². The molecule has 0 fully saturated rings. The molecule has 0 unspecified atom stereocenters. The molecule has 0 saturated heterocycles. The number of hydrogen-bond acceptors (Lipinski definition) is 3. The second kappa shape index (κ2) is 5.89. The number of para-hydroxylation sites is 1. The number of benzene rings is 1. The quantitative estimate of drug-likeness (QED) is 0.837. The van der Waals surface area contributed by atoms with Crippen molar-refractivity contribution in [3.05, 3.63) is 35.5 Å². The zero-order valence-electron chi connectivity index (χ0n) is 11.5. The molecule has 0 saturated carbocycles. The SMILES string of the molecule is COC(=O)Cc1c(C)c2ccccc2n1CCCN. The number of nitrogens with zero attached hydrogens (tertiary/aromatic N) is 1. The van der Waals surface area contributed by atoms with Gasteiger partial charge in [0.15, 0.2) is 0 Å². The van der Waals surface area contributed by atoms with Gasteiger partial charge < -0.3 is 15.0 Å². The van der Waals surface area contributed by atoms with Gasteiger partial charge in [-0.3, -0.25) is 4.79 Å². The van der Waals surface area contributed by atoms with Crippen molar-refractivity contribution in [2.24, 2.45) is 5.73 Å². The Bertz CT molecular complexity index is 587. The molecule has 2 aromatic rings. The Morgan fingerprint density at radius 3 is 2.79 bits per heavy atom. The zero-order valence-corrected chi connectivity index (χ0v) is 11.5. The van der Waals surface area contributed by atoms with Gasteiger partial charge in [-0.05, 0) is 31.5 Å². The minimum atomic E-state index is -0.208. The summed E-state index contributed by atoms with van der Waals surface area (Å²) in [6.45, 7) is 3.53. The van der Waals surface area contributed by atoms with E-state index < -0.39 is 0 Å². The maximum atomic E-state index is 11.6. The van der Waals surface area contributed by atoms with E-state index in [2.05, 4.69) is 23.6 Å². The molecule has 2 rings (SSSR count). The Balaban J connectivity index is 2.51. The fourth-order valence-electron chi connectivity index (χ4n) is 2.47. The molecule has 2 N–H and O–H groups in total. The van der Waals surface area contributed by atoms with Crippen LogP contribution in [0.2, 0.25) is 0 Å². The topological polar surface area (TPSA) is 57.2 Å². The first-order valence-corrected chi connectivity index (χ1v) is 6.52. The molecule has 0 amide bonds. The number of fused-ring (bicyclic) bond motifs is 1. The van der Waals surface area contributed by atoms with Crippen molar-refractivity contribution in [3.8, 4) is 0 Å². The molecule has 1 aromatic carbocycles. The highest BCUT2D eigenvalue weighted by Gasteiger charge is 2.16. The lowest BCUT2D eigenvalue weighted by Gasteiger charge is -2.10. The van der Waals surface area contributed by atoms with Gasteiger partial charge in [-0.15, -0.1) is 0 Å². The number of aryl methyl sites for hydroxylation is 2. The fraction of sp³-hybridized carbons (Fsp3) is 0.400. The molecule has 4 heteroatoms. The zero-order chi connectivity index (χ0) is 13.8. The second-order valence-electron chi connectivity index (χ2n) is 4.64. The van der Waals surface area contributed by atoms with E-state index in [-0.39, 0.29) is 5.97 Å². The van der Waals surface area contributed by atoms with Crippen LogP contribution in [-0.4, -0.2) is 24.2 Å². The number of aromatic nitrogens is 1. The molecule has 1 aromatic heterocycles. The lowest BCUT2D eigenvalue weighted by molar-refractivity contribution is -0.139. The molecule has 102 valence electrons. The maximum absolute atomic E-state index is 11.6. The Labute approximate surface area is 113 Å². The van der Waals surface area contributed by atoms with Crippen LogP contribution < -0.4 is 5.73 Å². The first-order valence-electron chi connectivity index (χ1n) is 6.52. The number of carbonyl (C=O) groups excluding carboxylic acids is 1. The Morgan fingerprint density at radius 2 is 2.11 bits per heavy atom. The van der Waals surface area contributed by atoms with Crippen LogP contribution in [-0.2, 0) is 22.5 Å². The summed E-state index contributed by atoms with van der Waals surface area (Å²) in [7, 11) is 1.42.